The van der Waals surface area contributed by atoms with Crippen molar-refractivity contribution in [1.29, 1.82) is 0 Å². The average Bonchev–Trinajstić information content (AvgIpc) is 3.03. The smallest absolute Gasteiger partial charge is 0.257 e. The lowest BCUT2D eigenvalue weighted by molar-refractivity contribution is -0.127. The highest BCUT2D eigenvalue weighted by molar-refractivity contribution is 7.22. The summed E-state index contributed by atoms with van der Waals surface area (Å²) in [6.45, 7) is 0.0149. The van der Waals surface area contributed by atoms with Gasteiger partial charge in [0, 0.05) is 5.02 Å². The van der Waals surface area contributed by atoms with Gasteiger partial charge in [-0.05, 0) is 29.8 Å². The summed E-state index contributed by atoms with van der Waals surface area (Å²) in [5.41, 5.74) is 6.44. The van der Waals surface area contributed by atoms with Gasteiger partial charge < -0.3 is 5.32 Å². The number of para-hydroxylation sites is 1. The van der Waals surface area contributed by atoms with Crippen molar-refractivity contribution in [3.8, 4) is 0 Å². The number of amides is 2. The first-order chi connectivity index (χ1) is 12.1. The number of hydrazine groups is 1. The van der Waals surface area contributed by atoms with E-state index in [0.717, 1.165) is 15.8 Å². The van der Waals surface area contributed by atoms with E-state index in [4.69, 9.17) is 11.6 Å². The van der Waals surface area contributed by atoms with Crippen LogP contribution in [-0.4, -0.2) is 23.3 Å². The standard InChI is InChI=1S/C17H15ClN4O2S/c18-12-7-5-11(6-8-12)9-15(23)21-22-16(24)10-19-17-20-13-3-1-2-4-14(13)25-17/h1-8H,9-10H2,(H,19,20)(H,21,23)(H,22,24). The second-order valence-electron chi connectivity index (χ2n) is 5.24. The molecule has 3 aromatic rings. The predicted molar refractivity (Wildman–Crippen MR) is 99.6 cm³/mol. The van der Waals surface area contributed by atoms with Crippen molar-refractivity contribution in [2.75, 3.05) is 11.9 Å². The van der Waals surface area contributed by atoms with Crippen LogP contribution in [0.15, 0.2) is 48.5 Å². The maximum atomic E-state index is 11.8. The number of fused-ring (bicyclic) bond motifs is 1. The Hall–Kier alpha value is -2.64. The van der Waals surface area contributed by atoms with Gasteiger partial charge in [0.05, 0.1) is 23.2 Å². The number of benzene rings is 2. The van der Waals surface area contributed by atoms with Crippen LogP contribution in [0.5, 0.6) is 0 Å². The molecule has 3 rings (SSSR count). The van der Waals surface area contributed by atoms with E-state index in [-0.39, 0.29) is 24.8 Å². The Morgan fingerprint density at radius 1 is 1.00 bits per heavy atom. The Morgan fingerprint density at radius 2 is 1.72 bits per heavy atom. The van der Waals surface area contributed by atoms with Crippen LogP contribution in [0.25, 0.3) is 10.2 Å². The Morgan fingerprint density at radius 3 is 2.48 bits per heavy atom. The highest BCUT2D eigenvalue weighted by Crippen LogP contribution is 2.24. The molecule has 1 aromatic heterocycles. The molecule has 2 amide bonds. The summed E-state index contributed by atoms with van der Waals surface area (Å²) in [5.74, 6) is -0.667. The highest BCUT2D eigenvalue weighted by atomic mass is 35.5. The SMILES string of the molecule is O=C(CNc1nc2ccccc2s1)NNC(=O)Cc1ccc(Cl)cc1. The van der Waals surface area contributed by atoms with E-state index in [1.807, 2.05) is 24.3 Å². The maximum absolute atomic E-state index is 11.8. The lowest BCUT2D eigenvalue weighted by Crippen LogP contribution is -2.44. The monoisotopic (exact) mass is 374 g/mol. The minimum atomic E-state index is -0.358. The summed E-state index contributed by atoms with van der Waals surface area (Å²) in [6.07, 6.45) is 0.156. The Labute approximate surface area is 153 Å². The van der Waals surface area contributed by atoms with E-state index < -0.39 is 0 Å². The molecule has 128 valence electrons. The van der Waals surface area contributed by atoms with Crippen LogP contribution in [0.2, 0.25) is 5.02 Å². The molecule has 1 heterocycles. The summed E-state index contributed by atoms with van der Waals surface area (Å²) >= 11 is 7.26. The zero-order chi connectivity index (χ0) is 17.6. The van der Waals surface area contributed by atoms with E-state index >= 15 is 0 Å². The zero-order valence-corrected chi connectivity index (χ0v) is 14.7. The van der Waals surface area contributed by atoms with Crippen molar-refractivity contribution < 1.29 is 9.59 Å². The van der Waals surface area contributed by atoms with Crippen molar-refractivity contribution in [2.24, 2.45) is 0 Å². The molecule has 0 unspecified atom stereocenters. The molecule has 0 bridgehead atoms. The molecule has 6 nitrogen and oxygen atoms in total. The third-order valence-electron chi connectivity index (χ3n) is 3.31. The highest BCUT2D eigenvalue weighted by Gasteiger charge is 2.08. The molecule has 0 saturated carbocycles. The number of carbonyl (C=O) groups excluding carboxylic acids is 2. The Balaban J connectivity index is 1.43. The number of nitrogens with one attached hydrogen (secondary N) is 3. The lowest BCUT2D eigenvalue weighted by Gasteiger charge is -2.08. The number of halogens is 1. The minimum Gasteiger partial charge on any atom is -0.352 e. The van der Waals surface area contributed by atoms with Gasteiger partial charge in [0.2, 0.25) is 5.91 Å². The molecule has 25 heavy (non-hydrogen) atoms. The molecule has 0 atom stereocenters. The number of hydrogen-bond acceptors (Lipinski definition) is 5. The zero-order valence-electron chi connectivity index (χ0n) is 13.1. The molecule has 3 N–H and O–H groups in total. The summed E-state index contributed by atoms with van der Waals surface area (Å²) in [7, 11) is 0. The number of thiazole rings is 1. The number of nitrogens with zero attached hydrogens (tertiary/aromatic N) is 1. The van der Waals surface area contributed by atoms with Crippen molar-refractivity contribution in [2.45, 2.75) is 6.42 Å². The maximum Gasteiger partial charge on any atom is 0.257 e. The van der Waals surface area contributed by atoms with Crippen LogP contribution < -0.4 is 16.2 Å². The first kappa shape index (κ1) is 17.2. The Bertz CT molecular complexity index is 862. The number of rotatable bonds is 5. The molecule has 2 aromatic carbocycles. The van der Waals surface area contributed by atoms with Gasteiger partial charge in [-0.25, -0.2) is 4.98 Å². The fourth-order valence-electron chi connectivity index (χ4n) is 2.12. The minimum absolute atomic E-state index is 0.0149. The molecule has 0 aliphatic carbocycles. The van der Waals surface area contributed by atoms with Crippen LogP contribution in [0.1, 0.15) is 5.56 Å². The number of aromatic nitrogens is 1. The summed E-state index contributed by atoms with van der Waals surface area (Å²) in [5, 5.41) is 4.21. The van der Waals surface area contributed by atoms with Gasteiger partial charge >= 0.3 is 0 Å². The van der Waals surface area contributed by atoms with Crippen molar-refractivity contribution in [3.63, 3.8) is 0 Å². The summed E-state index contributed by atoms with van der Waals surface area (Å²) in [4.78, 5) is 28.0. The van der Waals surface area contributed by atoms with Crippen LogP contribution in [-0.2, 0) is 16.0 Å². The van der Waals surface area contributed by atoms with E-state index in [0.29, 0.717) is 10.2 Å². The lowest BCUT2D eigenvalue weighted by atomic mass is 10.1. The van der Waals surface area contributed by atoms with Crippen LogP contribution in [0.4, 0.5) is 5.13 Å². The van der Waals surface area contributed by atoms with Gasteiger partial charge in [0.15, 0.2) is 5.13 Å². The number of anilines is 1. The van der Waals surface area contributed by atoms with Gasteiger partial charge in [-0.1, -0.05) is 47.2 Å². The second-order valence-corrected chi connectivity index (χ2v) is 6.71. The van der Waals surface area contributed by atoms with Crippen molar-refractivity contribution >= 4 is 50.1 Å². The molecule has 0 fully saturated rings. The van der Waals surface area contributed by atoms with E-state index in [2.05, 4.69) is 21.2 Å². The molecule has 0 spiro atoms. The molecule has 0 radical (unpaired) electrons. The molecule has 8 heteroatoms. The molecule has 0 aliphatic heterocycles. The first-order valence-electron chi connectivity index (χ1n) is 7.52. The normalized spacial score (nSPS) is 10.4. The van der Waals surface area contributed by atoms with Crippen molar-refractivity contribution in [1.82, 2.24) is 15.8 Å². The third kappa shape index (κ3) is 4.91. The third-order valence-corrected chi connectivity index (χ3v) is 4.56. The van der Waals surface area contributed by atoms with Gasteiger partial charge in [0.1, 0.15) is 0 Å². The molecular weight excluding hydrogens is 360 g/mol. The van der Waals surface area contributed by atoms with Crippen molar-refractivity contribution in [3.05, 3.63) is 59.1 Å². The average molecular weight is 375 g/mol. The second kappa shape index (κ2) is 7.96. The first-order valence-corrected chi connectivity index (χ1v) is 8.71. The van der Waals surface area contributed by atoms with E-state index in [9.17, 15) is 9.59 Å². The quantitative estimate of drug-likeness (QED) is 0.600. The van der Waals surface area contributed by atoms with Gasteiger partial charge in [-0.2, -0.15) is 0 Å². The van der Waals surface area contributed by atoms with Crippen LogP contribution in [0.3, 0.4) is 0 Å². The number of carbonyl (C=O) groups is 2. The predicted octanol–water partition coefficient (Wildman–Crippen LogP) is 2.75. The van der Waals surface area contributed by atoms with Crippen LogP contribution >= 0.6 is 22.9 Å². The molecular formula is C17H15ClN4O2S. The molecule has 0 aliphatic rings. The summed E-state index contributed by atoms with van der Waals surface area (Å²) in [6, 6.07) is 14.7. The number of hydrogen-bond donors (Lipinski definition) is 3. The van der Waals surface area contributed by atoms with Gasteiger partial charge in [0.25, 0.3) is 5.91 Å². The fraction of sp³-hybridized carbons (Fsp3) is 0.118. The van der Waals surface area contributed by atoms with Crippen LogP contribution in [0, 0.1) is 0 Å². The topological polar surface area (TPSA) is 83.1 Å². The fourth-order valence-corrected chi connectivity index (χ4v) is 3.11. The van der Waals surface area contributed by atoms with E-state index in [1.165, 1.54) is 11.3 Å². The van der Waals surface area contributed by atoms with Gasteiger partial charge in [-0.15, -0.1) is 0 Å². The Kier molecular flexibility index (Phi) is 5.47. The molecule has 0 saturated heterocycles. The van der Waals surface area contributed by atoms with E-state index in [1.54, 1.807) is 24.3 Å². The van der Waals surface area contributed by atoms with Gasteiger partial charge in [-0.3, -0.25) is 20.4 Å². The largest absolute Gasteiger partial charge is 0.352 e. The summed E-state index contributed by atoms with van der Waals surface area (Å²) < 4.78 is 1.04.